The Balaban J connectivity index is 1.70. The average Bonchev–Trinajstić information content (AvgIpc) is 3.40. The van der Waals surface area contributed by atoms with Crippen LogP contribution in [0.1, 0.15) is 41.4 Å². The predicted octanol–water partition coefficient (Wildman–Crippen LogP) is 3.25. The number of non-ortho nitro benzene ring substituents is 1. The average molecular weight is 425 g/mol. The van der Waals surface area contributed by atoms with Crippen molar-refractivity contribution in [3.8, 4) is 0 Å². The van der Waals surface area contributed by atoms with Gasteiger partial charge in [-0.05, 0) is 43.6 Å². The largest absolute Gasteiger partial charge is 0.503 e. The fourth-order valence-corrected chi connectivity index (χ4v) is 4.24. The number of carbonyl (C=O) groups is 2. The first-order chi connectivity index (χ1) is 15.0. The molecule has 1 aromatic carbocycles. The number of hydrogen-bond donors (Lipinski definition) is 1. The van der Waals surface area contributed by atoms with Gasteiger partial charge in [0.1, 0.15) is 0 Å². The number of amides is 1. The van der Waals surface area contributed by atoms with Crippen LogP contribution in [-0.2, 0) is 4.79 Å². The van der Waals surface area contributed by atoms with E-state index in [1.54, 1.807) is 6.07 Å². The Labute approximate surface area is 178 Å². The van der Waals surface area contributed by atoms with Crippen molar-refractivity contribution in [3.63, 3.8) is 0 Å². The quantitative estimate of drug-likeness (QED) is 0.411. The Hall–Kier alpha value is -3.46. The number of carbonyl (C=O) groups excluding carboxylic acids is 2. The molecule has 1 fully saturated rings. The van der Waals surface area contributed by atoms with E-state index >= 15 is 0 Å². The number of ketones is 1. The Morgan fingerprint density at radius 1 is 1.16 bits per heavy atom. The molecule has 1 amide bonds. The summed E-state index contributed by atoms with van der Waals surface area (Å²) in [5.41, 5.74) is 0.108. The van der Waals surface area contributed by atoms with Crippen molar-refractivity contribution < 1.29 is 24.0 Å². The van der Waals surface area contributed by atoms with Crippen LogP contribution in [0, 0.1) is 10.1 Å². The Morgan fingerprint density at radius 3 is 2.61 bits per heavy atom. The zero-order valence-electron chi connectivity index (χ0n) is 16.9. The minimum Gasteiger partial charge on any atom is -0.503 e. The summed E-state index contributed by atoms with van der Waals surface area (Å²) >= 11 is 0. The molecule has 2 aliphatic heterocycles. The second kappa shape index (κ2) is 8.73. The van der Waals surface area contributed by atoms with Crippen LogP contribution in [-0.4, -0.2) is 57.7 Å². The van der Waals surface area contributed by atoms with Gasteiger partial charge in [0.15, 0.2) is 11.5 Å². The number of nitro groups is 1. The number of furan rings is 1. The number of aliphatic hydroxyl groups is 1. The van der Waals surface area contributed by atoms with Crippen LogP contribution in [0.25, 0.3) is 0 Å². The second-order valence-electron chi connectivity index (χ2n) is 7.72. The van der Waals surface area contributed by atoms with Gasteiger partial charge >= 0.3 is 0 Å². The Morgan fingerprint density at radius 2 is 1.94 bits per heavy atom. The summed E-state index contributed by atoms with van der Waals surface area (Å²) in [5, 5.41) is 21.9. The third kappa shape index (κ3) is 4.09. The van der Waals surface area contributed by atoms with Gasteiger partial charge in [0.05, 0.1) is 22.8 Å². The highest BCUT2D eigenvalue weighted by Gasteiger charge is 2.44. The number of Topliss-reactive ketones (excluding diaryl/α,β-unsaturated/α-hetero) is 1. The lowest BCUT2D eigenvalue weighted by molar-refractivity contribution is -0.384. The van der Waals surface area contributed by atoms with Crippen molar-refractivity contribution >= 4 is 17.4 Å². The number of benzene rings is 1. The topological polar surface area (TPSA) is 117 Å². The maximum absolute atomic E-state index is 13.1. The standard InChI is InChI=1S/C22H23N3O6/c26-20(17-8-5-13-31-17)18-19(15-6-4-7-16(14-15)25(29)30)24(22(28)21(18)27)12-11-23-9-2-1-3-10-23/h4-8,13-14,19,27H,1-3,9-12H2. The molecule has 1 atom stereocenters. The van der Waals surface area contributed by atoms with Gasteiger partial charge in [-0.15, -0.1) is 0 Å². The lowest BCUT2D eigenvalue weighted by atomic mass is 9.94. The van der Waals surface area contributed by atoms with Gasteiger partial charge in [-0.25, -0.2) is 0 Å². The van der Waals surface area contributed by atoms with Crippen molar-refractivity contribution in [3.05, 3.63) is 75.4 Å². The van der Waals surface area contributed by atoms with Crippen LogP contribution >= 0.6 is 0 Å². The second-order valence-corrected chi connectivity index (χ2v) is 7.72. The minimum atomic E-state index is -0.935. The maximum atomic E-state index is 13.1. The van der Waals surface area contributed by atoms with Crippen LogP contribution in [0.4, 0.5) is 5.69 Å². The fourth-order valence-electron chi connectivity index (χ4n) is 4.24. The van der Waals surface area contributed by atoms with Crippen LogP contribution in [0.2, 0.25) is 0 Å². The summed E-state index contributed by atoms with van der Waals surface area (Å²) in [7, 11) is 0. The number of rotatable bonds is 7. The molecule has 1 saturated heterocycles. The molecule has 4 rings (SSSR count). The molecular weight excluding hydrogens is 402 g/mol. The zero-order valence-corrected chi connectivity index (χ0v) is 16.9. The SMILES string of the molecule is O=C(C1=C(O)C(=O)N(CCN2CCCCC2)C1c1cccc([N+](=O)[O-])c1)c1ccco1. The van der Waals surface area contributed by atoms with E-state index in [1.165, 1.54) is 47.9 Å². The number of nitrogens with zero attached hydrogens (tertiary/aromatic N) is 3. The summed E-state index contributed by atoms with van der Waals surface area (Å²) < 4.78 is 5.19. The molecule has 0 spiro atoms. The van der Waals surface area contributed by atoms with E-state index < -0.39 is 28.4 Å². The van der Waals surface area contributed by atoms with Crippen LogP contribution in [0.3, 0.4) is 0 Å². The van der Waals surface area contributed by atoms with Gasteiger partial charge in [-0.1, -0.05) is 18.6 Å². The maximum Gasteiger partial charge on any atom is 0.290 e. The monoisotopic (exact) mass is 425 g/mol. The normalized spacial score (nSPS) is 19.8. The molecule has 0 aliphatic carbocycles. The highest BCUT2D eigenvalue weighted by molar-refractivity contribution is 6.15. The van der Waals surface area contributed by atoms with E-state index in [0.717, 1.165) is 25.9 Å². The number of nitro benzene ring substituents is 1. The van der Waals surface area contributed by atoms with Gasteiger partial charge in [-0.2, -0.15) is 0 Å². The van der Waals surface area contributed by atoms with Gasteiger partial charge in [-0.3, -0.25) is 19.7 Å². The number of piperidine rings is 1. The molecule has 1 unspecified atom stereocenters. The van der Waals surface area contributed by atoms with Gasteiger partial charge in [0, 0.05) is 25.2 Å². The molecule has 0 radical (unpaired) electrons. The first-order valence-corrected chi connectivity index (χ1v) is 10.3. The van der Waals surface area contributed by atoms with E-state index in [2.05, 4.69) is 4.90 Å². The Kier molecular flexibility index (Phi) is 5.85. The molecule has 2 aromatic rings. The lowest BCUT2D eigenvalue weighted by Crippen LogP contribution is -2.40. The van der Waals surface area contributed by atoms with E-state index in [0.29, 0.717) is 12.1 Å². The van der Waals surface area contributed by atoms with E-state index in [-0.39, 0.29) is 23.6 Å². The number of aliphatic hydroxyl groups excluding tert-OH is 1. The molecule has 9 nitrogen and oxygen atoms in total. The summed E-state index contributed by atoms with van der Waals surface area (Å²) in [4.78, 5) is 40.4. The van der Waals surface area contributed by atoms with Gasteiger partial charge in [0.2, 0.25) is 5.78 Å². The molecule has 162 valence electrons. The van der Waals surface area contributed by atoms with Gasteiger partial charge < -0.3 is 19.3 Å². The van der Waals surface area contributed by atoms with Crippen molar-refractivity contribution in [2.75, 3.05) is 26.2 Å². The summed E-state index contributed by atoms with van der Waals surface area (Å²) in [5.74, 6) is -1.93. The summed E-state index contributed by atoms with van der Waals surface area (Å²) in [6.45, 7) is 2.74. The minimum absolute atomic E-state index is 0.0114. The highest BCUT2D eigenvalue weighted by Crippen LogP contribution is 2.39. The van der Waals surface area contributed by atoms with Crippen molar-refractivity contribution in [1.29, 1.82) is 0 Å². The van der Waals surface area contributed by atoms with Crippen LogP contribution in [0.5, 0.6) is 0 Å². The van der Waals surface area contributed by atoms with Crippen molar-refractivity contribution in [2.24, 2.45) is 0 Å². The highest BCUT2D eigenvalue weighted by atomic mass is 16.6. The van der Waals surface area contributed by atoms with Gasteiger partial charge in [0.25, 0.3) is 11.6 Å². The summed E-state index contributed by atoms with van der Waals surface area (Å²) in [6.07, 6.45) is 4.69. The first-order valence-electron chi connectivity index (χ1n) is 10.3. The number of hydrogen-bond acceptors (Lipinski definition) is 7. The number of likely N-dealkylation sites (tertiary alicyclic amines) is 1. The van der Waals surface area contributed by atoms with Crippen LogP contribution < -0.4 is 0 Å². The molecule has 0 bridgehead atoms. The third-order valence-electron chi connectivity index (χ3n) is 5.80. The summed E-state index contributed by atoms with van der Waals surface area (Å²) in [6, 6.07) is 7.86. The molecule has 1 aromatic heterocycles. The fraction of sp³-hybridized carbons (Fsp3) is 0.364. The van der Waals surface area contributed by atoms with E-state index in [4.69, 9.17) is 4.42 Å². The molecule has 1 N–H and O–H groups in total. The lowest BCUT2D eigenvalue weighted by Gasteiger charge is -2.31. The molecule has 2 aliphatic rings. The molecule has 3 heterocycles. The van der Waals surface area contributed by atoms with E-state index in [1.807, 2.05) is 0 Å². The van der Waals surface area contributed by atoms with Crippen molar-refractivity contribution in [2.45, 2.75) is 25.3 Å². The van der Waals surface area contributed by atoms with Crippen LogP contribution in [0.15, 0.2) is 58.4 Å². The molecule has 0 saturated carbocycles. The van der Waals surface area contributed by atoms with E-state index in [9.17, 15) is 24.8 Å². The Bertz CT molecular complexity index is 1020. The smallest absolute Gasteiger partial charge is 0.290 e. The first kappa shape index (κ1) is 20.8. The zero-order chi connectivity index (χ0) is 22.0. The van der Waals surface area contributed by atoms with Crippen molar-refractivity contribution in [1.82, 2.24) is 9.80 Å². The molecule has 31 heavy (non-hydrogen) atoms. The molecule has 9 heteroatoms. The third-order valence-corrected chi connectivity index (χ3v) is 5.80. The predicted molar refractivity (Wildman–Crippen MR) is 111 cm³/mol. The molecular formula is C22H23N3O6.